The number of hydrogen-bond donors (Lipinski definition) is 0. The molecule has 0 N–H and O–H groups in total. The molecule has 0 fully saturated rings. The summed E-state index contributed by atoms with van der Waals surface area (Å²) in [4.78, 5) is 0. The Kier molecular flexibility index (Phi) is 3.57. The fraction of sp³-hybridized carbons (Fsp3) is 0.545. The summed E-state index contributed by atoms with van der Waals surface area (Å²) in [6.45, 7) is 4.25. The quantitative estimate of drug-likeness (QED) is 0.369. The number of aryl methyl sites for hydroxylation is 1. The van der Waals surface area contributed by atoms with Crippen LogP contribution < -0.4 is 4.57 Å². The third-order valence-electron chi connectivity index (χ3n) is 2.15. The number of unbranched alkanes of at least 4 members (excludes halogenated alkanes) is 2. The van der Waals surface area contributed by atoms with Gasteiger partial charge in [0, 0.05) is 13.3 Å². The molecule has 0 unspecified atom stereocenters. The molecule has 0 aromatic carbocycles. The average Bonchev–Trinajstić information content (AvgIpc) is 2.43. The highest BCUT2D eigenvalue weighted by atomic mass is 15.1. The molecule has 1 aromatic heterocycles. The van der Waals surface area contributed by atoms with Gasteiger partial charge in [-0.3, -0.25) is 0 Å². The Hall–Kier alpha value is -1.23. The van der Waals surface area contributed by atoms with Gasteiger partial charge in [-0.1, -0.05) is 19.3 Å². The molecule has 0 saturated heterocycles. The van der Waals surface area contributed by atoms with E-state index in [0.29, 0.717) is 0 Å². The lowest BCUT2D eigenvalue weighted by Crippen LogP contribution is -2.29. The first-order chi connectivity index (χ1) is 6.25. The molecule has 0 aliphatic carbocycles. The number of hydrogen-bond acceptors (Lipinski definition) is 0. The van der Waals surface area contributed by atoms with Gasteiger partial charge in [0.05, 0.1) is 7.05 Å². The predicted octanol–water partition coefficient (Wildman–Crippen LogP) is 1.62. The molecule has 0 amide bonds. The SMILES string of the molecule is CCCCC#Cn1cc[n+](C)c1C. The van der Waals surface area contributed by atoms with Crippen LogP contribution in [0.5, 0.6) is 0 Å². The Morgan fingerprint density at radius 3 is 2.85 bits per heavy atom. The van der Waals surface area contributed by atoms with Crippen LogP contribution in [-0.4, -0.2) is 4.57 Å². The van der Waals surface area contributed by atoms with E-state index < -0.39 is 0 Å². The Morgan fingerprint density at radius 1 is 1.54 bits per heavy atom. The van der Waals surface area contributed by atoms with Gasteiger partial charge in [0.2, 0.25) is 0 Å². The maximum absolute atomic E-state index is 3.16. The van der Waals surface area contributed by atoms with Crippen molar-refractivity contribution in [2.75, 3.05) is 0 Å². The van der Waals surface area contributed by atoms with Crippen LogP contribution in [0.1, 0.15) is 32.0 Å². The number of imidazole rings is 1. The van der Waals surface area contributed by atoms with Gasteiger partial charge in [0.1, 0.15) is 18.4 Å². The fourth-order valence-corrected chi connectivity index (χ4v) is 1.08. The first-order valence-electron chi connectivity index (χ1n) is 4.78. The van der Waals surface area contributed by atoms with E-state index in [4.69, 9.17) is 0 Å². The molecule has 13 heavy (non-hydrogen) atoms. The summed E-state index contributed by atoms with van der Waals surface area (Å²) >= 11 is 0. The summed E-state index contributed by atoms with van der Waals surface area (Å²) in [5.41, 5.74) is 0. The van der Waals surface area contributed by atoms with Gasteiger partial charge < -0.3 is 0 Å². The fourth-order valence-electron chi connectivity index (χ4n) is 1.08. The van der Waals surface area contributed by atoms with E-state index in [1.54, 1.807) is 0 Å². The zero-order chi connectivity index (χ0) is 9.68. The highest BCUT2D eigenvalue weighted by molar-refractivity contribution is 5.04. The molecule has 1 heterocycles. The summed E-state index contributed by atoms with van der Waals surface area (Å²) < 4.78 is 4.03. The Bertz CT molecular complexity index is 326. The molecular weight excluding hydrogens is 160 g/mol. The highest BCUT2D eigenvalue weighted by Crippen LogP contribution is 1.92. The molecule has 0 spiro atoms. The average molecular weight is 177 g/mol. The summed E-state index contributed by atoms with van der Waals surface area (Å²) in [6, 6.07) is 3.11. The van der Waals surface area contributed by atoms with Crippen molar-refractivity contribution in [2.24, 2.45) is 7.05 Å². The van der Waals surface area contributed by atoms with E-state index in [-0.39, 0.29) is 0 Å². The topological polar surface area (TPSA) is 8.81 Å². The minimum absolute atomic E-state index is 0.998. The lowest BCUT2D eigenvalue weighted by Gasteiger charge is -1.86. The molecular formula is C11H17N2+. The minimum Gasteiger partial charge on any atom is -0.236 e. The zero-order valence-electron chi connectivity index (χ0n) is 8.67. The van der Waals surface area contributed by atoms with Crippen LogP contribution in [0.4, 0.5) is 0 Å². The van der Waals surface area contributed by atoms with E-state index in [1.807, 2.05) is 24.0 Å². The van der Waals surface area contributed by atoms with Crippen molar-refractivity contribution in [2.45, 2.75) is 33.1 Å². The van der Waals surface area contributed by atoms with Gasteiger partial charge in [0.15, 0.2) is 0 Å². The van der Waals surface area contributed by atoms with E-state index in [2.05, 4.69) is 30.4 Å². The molecule has 0 aliphatic rings. The predicted molar refractivity (Wildman–Crippen MR) is 53.0 cm³/mol. The second-order valence-electron chi connectivity index (χ2n) is 3.22. The summed E-state index contributed by atoms with van der Waals surface area (Å²) in [6.07, 6.45) is 7.42. The molecule has 0 radical (unpaired) electrons. The van der Waals surface area contributed by atoms with Gasteiger partial charge in [-0.05, 0) is 6.42 Å². The molecule has 1 rings (SSSR count). The zero-order valence-corrected chi connectivity index (χ0v) is 8.67. The summed E-state index contributed by atoms with van der Waals surface area (Å²) in [5, 5.41) is 0. The van der Waals surface area contributed by atoms with Crippen molar-refractivity contribution in [1.29, 1.82) is 0 Å². The Morgan fingerprint density at radius 2 is 2.31 bits per heavy atom. The van der Waals surface area contributed by atoms with E-state index in [9.17, 15) is 0 Å². The van der Waals surface area contributed by atoms with Gasteiger partial charge in [0.25, 0.3) is 5.82 Å². The van der Waals surface area contributed by atoms with Crippen LogP contribution >= 0.6 is 0 Å². The van der Waals surface area contributed by atoms with Crippen molar-refractivity contribution in [3.63, 3.8) is 0 Å². The second kappa shape index (κ2) is 4.71. The standard InChI is InChI=1S/C11H17N2/c1-4-5-6-7-8-13-10-9-12(3)11(13)2/h9-10H,4-6H2,1-3H3/q+1. The first kappa shape index (κ1) is 9.85. The molecule has 0 saturated carbocycles. The van der Waals surface area contributed by atoms with Crippen LogP contribution in [0.3, 0.4) is 0 Å². The first-order valence-corrected chi connectivity index (χ1v) is 4.78. The van der Waals surface area contributed by atoms with Crippen LogP contribution in [0.2, 0.25) is 0 Å². The normalized spacial score (nSPS) is 9.46. The minimum atomic E-state index is 0.998. The molecule has 1 aromatic rings. The van der Waals surface area contributed by atoms with Crippen molar-refractivity contribution >= 4 is 0 Å². The van der Waals surface area contributed by atoms with E-state index in [0.717, 1.165) is 6.42 Å². The van der Waals surface area contributed by atoms with Crippen LogP contribution in [0.15, 0.2) is 12.4 Å². The number of nitrogens with zero attached hydrogens (tertiary/aromatic N) is 2. The summed E-state index contributed by atoms with van der Waals surface area (Å²) in [7, 11) is 2.03. The molecule has 2 nitrogen and oxygen atoms in total. The molecule has 0 aliphatic heterocycles. The third-order valence-corrected chi connectivity index (χ3v) is 2.15. The molecule has 70 valence electrons. The largest absolute Gasteiger partial charge is 0.266 e. The highest BCUT2D eigenvalue weighted by Gasteiger charge is 2.04. The Balaban J connectivity index is 2.61. The van der Waals surface area contributed by atoms with Crippen molar-refractivity contribution in [1.82, 2.24) is 4.57 Å². The van der Waals surface area contributed by atoms with Crippen LogP contribution in [-0.2, 0) is 7.05 Å². The smallest absolute Gasteiger partial charge is 0.236 e. The third kappa shape index (κ3) is 2.62. The van der Waals surface area contributed by atoms with Gasteiger partial charge >= 0.3 is 0 Å². The van der Waals surface area contributed by atoms with Gasteiger partial charge in [-0.2, -0.15) is 4.57 Å². The van der Waals surface area contributed by atoms with E-state index >= 15 is 0 Å². The Labute approximate surface area is 80.2 Å². The maximum Gasteiger partial charge on any atom is 0.266 e. The van der Waals surface area contributed by atoms with Crippen molar-refractivity contribution in [3.05, 3.63) is 18.2 Å². The molecule has 2 heteroatoms. The maximum atomic E-state index is 3.16. The molecule has 0 bridgehead atoms. The monoisotopic (exact) mass is 177 g/mol. The lowest BCUT2D eigenvalue weighted by molar-refractivity contribution is -0.676. The second-order valence-corrected chi connectivity index (χ2v) is 3.22. The number of rotatable bonds is 2. The van der Waals surface area contributed by atoms with Crippen molar-refractivity contribution < 1.29 is 4.57 Å². The van der Waals surface area contributed by atoms with Gasteiger partial charge in [-0.15, -0.1) is 0 Å². The van der Waals surface area contributed by atoms with Gasteiger partial charge in [-0.25, -0.2) is 4.57 Å². The number of aromatic nitrogens is 2. The molecule has 0 atom stereocenters. The summed E-state index contributed by atoms with van der Waals surface area (Å²) in [5.74, 6) is 4.33. The van der Waals surface area contributed by atoms with E-state index in [1.165, 1.54) is 18.7 Å². The van der Waals surface area contributed by atoms with Crippen molar-refractivity contribution in [3.8, 4) is 12.0 Å². The lowest BCUT2D eigenvalue weighted by atomic mass is 10.3. The van der Waals surface area contributed by atoms with Crippen LogP contribution in [0, 0.1) is 18.9 Å². The van der Waals surface area contributed by atoms with Crippen LogP contribution in [0.25, 0.3) is 0 Å².